The average Bonchev–Trinajstić information content (AvgIpc) is 3.00. The molecule has 2 heterocycles. The molecule has 0 spiro atoms. The fourth-order valence-electron chi connectivity index (χ4n) is 2.55. The number of benzene rings is 1. The number of aromatic nitrogens is 2. The number of Topliss-reactive ketones (excluding diaryl/α,β-unsaturated/α-hetero) is 1. The van der Waals surface area contributed by atoms with E-state index in [1.807, 2.05) is 37.3 Å². The van der Waals surface area contributed by atoms with E-state index in [0.717, 1.165) is 5.69 Å². The molecule has 0 unspecified atom stereocenters. The minimum absolute atomic E-state index is 0.0796. The summed E-state index contributed by atoms with van der Waals surface area (Å²) in [5.74, 6) is 0.856. The van der Waals surface area contributed by atoms with Crippen LogP contribution in [0.25, 0.3) is 17.0 Å². The third kappa shape index (κ3) is 2.20. The molecule has 0 atom stereocenters. The first kappa shape index (κ1) is 14.1. The van der Waals surface area contributed by atoms with Crippen molar-refractivity contribution in [3.63, 3.8) is 0 Å². The van der Waals surface area contributed by atoms with Crippen LogP contribution in [-0.2, 0) is 0 Å². The number of aromatic amines is 1. The Bertz CT molecular complexity index is 898. The van der Waals surface area contributed by atoms with E-state index in [9.17, 15) is 9.59 Å². The maximum atomic E-state index is 12.7. The molecule has 2 aromatic heterocycles. The van der Waals surface area contributed by atoms with Gasteiger partial charge in [-0.15, -0.1) is 0 Å². The van der Waals surface area contributed by atoms with Crippen LogP contribution in [0.5, 0.6) is 0 Å². The van der Waals surface area contributed by atoms with E-state index >= 15 is 0 Å². The standard InChI is InChI=1S/C17H16N2O3/c1-10-16(15-9-14(11(2)20)12(3)22-15)17(21)19(18-10)13-7-5-4-6-8-13/h4-9,18H,1-3H3. The zero-order valence-corrected chi connectivity index (χ0v) is 12.6. The van der Waals surface area contributed by atoms with E-state index in [1.54, 1.807) is 13.0 Å². The van der Waals surface area contributed by atoms with Crippen molar-refractivity contribution in [3.05, 3.63) is 63.8 Å². The molecule has 5 heteroatoms. The van der Waals surface area contributed by atoms with Gasteiger partial charge in [-0.3, -0.25) is 14.7 Å². The Kier molecular flexibility index (Phi) is 3.33. The summed E-state index contributed by atoms with van der Waals surface area (Å²) in [6.45, 7) is 5.01. The second kappa shape index (κ2) is 5.18. The lowest BCUT2D eigenvalue weighted by atomic mass is 10.1. The van der Waals surface area contributed by atoms with Gasteiger partial charge in [0.2, 0.25) is 0 Å². The van der Waals surface area contributed by atoms with Crippen LogP contribution in [0.3, 0.4) is 0 Å². The van der Waals surface area contributed by atoms with Gasteiger partial charge in [-0.25, -0.2) is 4.68 Å². The van der Waals surface area contributed by atoms with E-state index in [2.05, 4.69) is 5.10 Å². The van der Waals surface area contributed by atoms with Crippen molar-refractivity contribution in [1.29, 1.82) is 0 Å². The number of carbonyl (C=O) groups excluding carboxylic acids is 1. The summed E-state index contributed by atoms with van der Waals surface area (Å²) < 4.78 is 7.09. The minimum atomic E-state index is -0.201. The Labute approximate surface area is 127 Å². The van der Waals surface area contributed by atoms with E-state index in [-0.39, 0.29) is 11.3 Å². The summed E-state index contributed by atoms with van der Waals surface area (Å²) in [7, 11) is 0. The van der Waals surface area contributed by atoms with Gasteiger partial charge in [0, 0.05) is 5.69 Å². The normalized spacial score (nSPS) is 10.9. The predicted octanol–water partition coefficient (Wildman–Crippen LogP) is 3.25. The molecule has 0 fully saturated rings. The molecule has 5 nitrogen and oxygen atoms in total. The molecule has 112 valence electrons. The maximum absolute atomic E-state index is 12.7. The van der Waals surface area contributed by atoms with E-state index in [4.69, 9.17) is 4.42 Å². The number of para-hydroxylation sites is 1. The number of ketones is 1. The van der Waals surface area contributed by atoms with Gasteiger partial charge in [0.25, 0.3) is 5.56 Å². The Balaban J connectivity index is 2.17. The molecule has 3 aromatic rings. The van der Waals surface area contributed by atoms with Gasteiger partial charge in [0.15, 0.2) is 5.78 Å². The number of hydrogen-bond donors (Lipinski definition) is 1. The van der Waals surface area contributed by atoms with Crippen molar-refractivity contribution >= 4 is 5.78 Å². The quantitative estimate of drug-likeness (QED) is 0.754. The van der Waals surface area contributed by atoms with Crippen LogP contribution < -0.4 is 5.56 Å². The molecular weight excluding hydrogens is 280 g/mol. The lowest BCUT2D eigenvalue weighted by Crippen LogP contribution is -2.15. The summed E-state index contributed by atoms with van der Waals surface area (Å²) in [5, 5.41) is 3.04. The molecule has 0 saturated carbocycles. The molecule has 1 aromatic carbocycles. The molecule has 0 saturated heterocycles. The SMILES string of the molecule is CC(=O)c1cc(-c2c(C)[nH]n(-c3ccccc3)c2=O)oc1C. The molecule has 0 amide bonds. The number of carbonyl (C=O) groups is 1. The van der Waals surface area contributed by atoms with Crippen molar-refractivity contribution in [1.82, 2.24) is 9.78 Å². The molecule has 0 aliphatic rings. The second-order valence-electron chi connectivity index (χ2n) is 5.22. The largest absolute Gasteiger partial charge is 0.460 e. The summed E-state index contributed by atoms with van der Waals surface area (Å²) >= 11 is 0. The van der Waals surface area contributed by atoms with E-state index in [1.165, 1.54) is 11.6 Å². The van der Waals surface area contributed by atoms with Crippen molar-refractivity contribution in [3.8, 4) is 17.0 Å². The van der Waals surface area contributed by atoms with Gasteiger partial charge in [-0.1, -0.05) is 18.2 Å². The molecule has 1 N–H and O–H groups in total. The van der Waals surface area contributed by atoms with Gasteiger partial charge in [0.05, 0.1) is 11.3 Å². The highest BCUT2D eigenvalue weighted by atomic mass is 16.3. The van der Waals surface area contributed by atoms with Crippen LogP contribution in [0, 0.1) is 13.8 Å². The maximum Gasteiger partial charge on any atom is 0.282 e. The van der Waals surface area contributed by atoms with Gasteiger partial charge < -0.3 is 4.42 Å². The zero-order valence-electron chi connectivity index (χ0n) is 12.6. The van der Waals surface area contributed by atoms with Gasteiger partial charge >= 0.3 is 0 Å². The smallest absolute Gasteiger partial charge is 0.282 e. The number of nitrogens with one attached hydrogen (secondary N) is 1. The van der Waals surface area contributed by atoms with E-state index in [0.29, 0.717) is 28.3 Å². The van der Waals surface area contributed by atoms with Gasteiger partial charge in [-0.2, -0.15) is 0 Å². The van der Waals surface area contributed by atoms with Crippen molar-refractivity contribution in [2.45, 2.75) is 20.8 Å². The predicted molar refractivity (Wildman–Crippen MR) is 83.6 cm³/mol. The number of H-pyrrole nitrogens is 1. The molecule has 0 radical (unpaired) electrons. The summed E-state index contributed by atoms with van der Waals surface area (Å²) in [4.78, 5) is 24.2. The molecular formula is C17H16N2O3. The Morgan fingerprint density at radius 3 is 2.45 bits per heavy atom. The third-order valence-electron chi connectivity index (χ3n) is 3.63. The fourth-order valence-corrected chi connectivity index (χ4v) is 2.55. The van der Waals surface area contributed by atoms with Crippen LogP contribution in [-0.4, -0.2) is 15.6 Å². The first-order chi connectivity index (χ1) is 10.5. The lowest BCUT2D eigenvalue weighted by Gasteiger charge is -1.99. The van der Waals surface area contributed by atoms with Crippen LogP contribution in [0.2, 0.25) is 0 Å². The number of rotatable bonds is 3. The lowest BCUT2D eigenvalue weighted by molar-refractivity contribution is 0.101. The molecule has 22 heavy (non-hydrogen) atoms. The Morgan fingerprint density at radius 2 is 1.86 bits per heavy atom. The number of furan rings is 1. The zero-order chi connectivity index (χ0) is 15.9. The fraction of sp³-hybridized carbons (Fsp3) is 0.176. The highest BCUT2D eigenvalue weighted by Crippen LogP contribution is 2.25. The molecule has 0 bridgehead atoms. The van der Waals surface area contributed by atoms with Crippen LogP contribution in [0.1, 0.15) is 28.7 Å². The number of nitrogens with zero attached hydrogens (tertiary/aromatic N) is 1. The second-order valence-corrected chi connectivity index (χ2v) is 5.22. The monoisotopic (exact) mass is 296 g/mol. The first-order valence-corrected chi connectivity index (χ1v) is 6.98. The molecule has 0 aliphatic carbocycles. The molecule has 3 rings (SSSR count). The average molecular weight is 296 g/mol. The van der Waals surface area contributed by atoms with Gasteiger partial charge in [-0.05, 0) is 39.0 Å². The Hall–Kier alpha value is -2.82. The van der Waals surface area contributed by atoms with Crippen molar-refractivity contribution < 1.29 is 9.21 Å². The van der Waals surface area contributed by atoms with Crippen molar-refractivity contribution in [2.75, 3.05) is 0 Å². The summed E-state index contributed by atoms with van der Waals surface area (Å²) in [5.41, 5.74) is 2.18. The van der Waals surface area contributed by atoms with Crippen LogP contribution >= 0.6 is 0 Å². The molecule has 0 aliphatic heterocycles. The number of aryl methyl sites for hydroxylation is 2. The highest BCUT2D eigenvalue weighted by Gasteiger charge is 2.20. The Morgan fingerprint density at radius 1 is 1.18 bits per heavy atom. The van der Waals surface area contributed by atoms with Crippen LogP contribution in [0.4, 0.5) is 0 Å². The first-order valence-electron chi connectivity index (χ1n) is 6.98. The topological polar surface area (TPSA) is 68.0 Å². The summed E-state index contributed by atoms with van der Waals surface area (Å²) in [6, 6.07) is 10.9. The number of hydrogen-bond acceptors (Lipinski definition) is 3. The van der Waals surface area contributed by atoms with E-state index < -0.39 is 0 Å². The van der Waals surface area contributed by atoms with Crippen molar-refractivity contribution in [2.24, 2.45) is 0 Å². The van der Waals surface area contributed by atoms with Crippen LogP contribution in [0.15, 0.2) is 45.6 Å². The van der Waals surface area contributed by atoms with Gasteiger partial charge in [0.1, 0.15) is 17.1 Å². The third-order valence-corrected chi connectivity index (χ3v) is 3.63. The highest BCUT2D eigenvalue weighted by molar-refractivity contribution is 5.96. The minimum Gasteiger partial charge on any atom is -0.460 e. The summed E-state index contributed by atoms with van der Waals surface area (Å²) in [6.07, 6.45) is 0.